The van der Waals surface area contributed by atoms with Crippen LogP contribution < -0.4 is 5.73 Å². The number of nitrogens with two attached hydrogens (primary N) is 1. The van der Waals surface area contributed by atoms with Gasteiger partial charge in [0, 0.05) is 17.8 Å². The van der Waals surface area contributed by atoms with E-state index in [2.05, 4.69) is 10.1 Å². The number of benzene rings is 1. The molecule has 3 aromatic rings. The van der Waals surface area contributed by atoms with Gasteiger partial charge in [-0.05, 0) is 19.1 Å². The van der Waals surface area contributed by atoms with Gasteiger partial charge in [0.05, 0.1) is 0 Å². The summed E-state index contributed by atoms with van der Waals surface area (Å²) in [5.74, 6) is 1.57. The van der Waals surface area contributed by atoms with Crippen LogP contribution in [0.4, 0.5) is 0 Å². The molecule has 0 saturated heterocycles. The van der Waals surface area contributed by atoms with Crippen LogP contribution >= 0.6 is 0 Å². The Labute approximate surface area is 104 Å². The molecule has 18 heavy (non-hydrogen) atoms. The first kappa shape index (κ1) is 11.0. The number of fused-ring (bicyclic) bond motifs is 1. The van der Waals surface area contributed by atoms with Crippen molar-refractivity contribution in [1.82, 2.24) is 10.1 Å². The van der Waals surface area contributed by atoms with Crippen molar-refractivity contribution in [2.45, 2.75) is 19.4 Å². The zero-order chi connectivity index (χ0) is 12.5. The highest BCUT2D eigenvalue weighted by Crippen LogP contribution is 2.26. The van der Waals surface area contributed by atoms with E-state index in [0.717, 1.165) is 11.0 Å². The standard InChI is InChI=1S/C13H13N3O2/c1-8(14)6-12-15-13(18-16-12)11-7-9-4-2-3-5-10(9)17-11/h2-5,7-8H,6,14H2,1H3. The summed E-state index contributed by atoms with van der Waals surface area (Å²) in [6.07, 6.45) is 0.587. The molecule has 1 atom stereocenters. The molecule has 3 rings (SSSR count). The first-order valence-electron chi connectivity index (χ1n) is 5.79. The van der Waals surface area contributed by atoms with Gasteiger partial charge in [-0.1, -0.05) is 23.4 Å². The van der Waals surface area contributed by atoms with Crippen LogP contribution in [0.3, 0.4) is 0 Å². The highest BCUT2D eigenvalue weighted by molar-refractivity contribution is 5.81. The first-order chi connectivity index (χ1) is 8.72. The molecule has 0 amide bonds. The van der Waals surface area contributed by atoms with E-state index in [9.17, 15) is 0 Å². The van der Waals surface area contributed by atoms with Crippen LogP contribution in [0.1, 0.15) is 12.7 Å². The molecule has 5 nitrogen and oxygen atoms in total. The van der Waals surface area contributed by atoms with Crippen LogP contribution in [-0.4, -0.2) is 16.2 Å². The summed E-state index contributed by atoms with van der Waals surface area (Å²) in [5.41, 5.74) is 6.49. The number of aromatic nitrogens is 2. The summed E-state index contributed by atoms with van der Waals surface area (Å²) in [7, 11) is 0. The van der Waals surface area contributed by atoms with Crippen molar-refractivity contribution in [3.05, 3.63) is 36.2 Å². The van der Waals surface area contributed by atoms with Gasteiger partial charge in [0.1, 0.15) is 5.58 Å². The van der Waals surface area contributed by atoms with E-state index in [-0.39, 0.29) is 6.04 Å². The molecule has 0 aliphatic carbocycles. The van der Waals surface area contributed by atoms with Crippen molar-refractivity contribution < 1.29 is 8.94 Å². The molecule has 1 unspecified atom stereocenters. The van der Waals surface area contributed by atoms with E-state index in [1.165, 1.54) is 0 Å². The number of hydrogen-bond acceptors (Lipinski definition) is 5. The third-order valence-corrected chi connectivity index (χ3v) is 2.61. The Balaban J connectivity index is 1.96. The van der Waals surface area contributed by atoms with Gasteiger partial charge in [-0.3, -0.25) is 0 Å². The zero-order valence-corrected chi connectivity index (χ0v) is 9.96. The van der Waals surface area contributed by atoms with E-state index in [4.69, 9.17) is 14.7 Å². The van der Waals surface area contributed by atoms with Gasteiger partial charge in [0.2, 0.25) is 0 Å². The molecule has 0 fully saturated rings. The van der Waals surface area contributed by atoms with Crippen LogP contribution in [0.25, 0.3) is 22.6 Å². The Bertz CT molecular complexity index is 636. The molecular weight excluding hydrogens is 230 g/mol. The van der Waals surface area contributed by atoms with Crippen LogP contribution in [-0.2, 0) is 6.42 Å². The van der Waals surface area contributed by atoms with E-state index < -0.39 is 0 Å². The van der Waals surface area contributed by atoms with E-state index in [0.29, 0.717) is 23.9 Å². The fourth-order valence-corrected chi connectivity index (χ4v) is 1.81. The molecular formula is C13H13N3O2. The minimum atomic E-state index is 0.00567. The monoisotopic (exact) mass is 243 g/mol. The average molecular weight is 243 g/mol. The average Bonchev–Trinajstić information content (AvgIpc) is 2.93. The quantitative estimate of drug-likeness (QED) is 0.764. The minimum Gasteiger partial charge on any atom is -0.451 e. The summed E-state index contributed by atoms with van der Waals surface area (Å²) in [6, 6.07) is 9.64. The van der Waals surface area contributed by atoms with Crippen molar-refractivity contribution in [2.75, 3.05) is 0 Å². The second-order valence-corrected chi connectivity index (χ2v) is 4.35. The molecule has 2 heterocycles. The Kier molecular flexibility index (Phi) is 2.60. The summed E-state index contributed by atoms with van der Waals surface area (Å²) in [5, 5.41) is 4.89. The number of nitrogens with zero attached hydrogens (tertiary/aromatic N) is 2. The number of rotatable bonds is 3. The molecule has 2 aromatic heterocycles. The van der Waals surface area contributed by atoms with Crippen LogP contribution in [0.5, 0.6) is 0 Å². The summed E-state index contributed by atoms with van der Waals surface area (Å²) in [4.78, 5) is 4.26. The Hall–Kier alpha value is -2.14. The predicted octanol–water partition coefficient (Wildman–Crippen LogP) is 2.37. The van der Waals surface area contributed by atoms with Gasteiger partial charge in [-0.15, -0.1) is 0 Å². The number of para-hydroxylation sites is 1. The van der Waals surface area contributed by atoms with Gasteiger partial charge in [0.25, 0.3) is 5.89 Å². The summed E-state index contributed by atoms with van der Waals surface area (Å²) >= 11 is 0. The fraction of sp³-hybridized carbons (Fsp3) is 0.231. The predicted molar refractivity (Wildman–Crippen MR) is 66.9 cm³/mol. The second kappa shape index (κ2) is 4.27. The Morgan fingerprint density at radius 2 is 2.17 bits per heavy atom. The van der Waals surface area contributed by atoms with Gasteiger partial charge >= 0.3 is 0 Å². The van der Waals surface area contributed by atoms with Crippen LogP contribution in [0.2, 0.25) is 0 Å². The highest BCUT2D eigenvalue weighted by atomic mass is 16.5. The van der Waals surface area contributed by atoms with E-state index >= 15 is 0 Å². The maximum absolute atomic E-state index is 5.69. The third-order valence-electron chi connectivity index (χ3n) is 2.61. The maximum atomic E-state index is 5.69. The Morgan fingerprint density at radius 3 is 2.94 bits per heavy atom. The molecule has 0 aliphatic rings. The Morgan fingerprint density at radius 1 is 1.33 bits per heavy atom. The highest BCUT2D eigenvalue weighted by Gasteiger charge is 2.14. The lowest BCUT2D eigenvalue weighted by Gasteiger charge is -1.96. The third kappa shape index (κ3) is 2.00. The molecule has 0 aliphatic heterocycles. The minimum absolute atomic E-state index is 0.00567. The van der Waals surface area contributed by atoms with Gasteiger partial charge in [-0.2, -0.15) is 4.98 Å². The lowest BCUT2D eigenvalue weighted by molar-refractivity contribution is 0.410. The van der Waals surface area contributed by atoms with Crippen molar-refractivity contribution in [3.63, 3.8) is 0 Å². The molecule has 1 aromatic carbocycles. The summed E-state index contributed by atoms with van der Waals surface area (Å²) in [6.45, 7) is 1.90. The number of hydrogen-bond donors (Lipinski definition) is 1. The van der Waals surface area contributed by atoms with Crippen molar-refractivity contribution in [1.29, 1.82) is 0 Å². The van der Waals surface area contributed by atoms with Crippen molar-refractivity contribution in [2.24, 2.45) is 5.73 Å². The van der Waals surface area contributed by atoms with Gasteiger partial charge in [-0.25, -0.2) is 0 Å². The largest absolute Gasteiger partial charge is 0.451 e. The lowest BCUT2D eigenvalue weighted by atomic mass is 10.2. The van der Waals surface area contributed by atoms with Gasteiger partial charge < -0.3 is 14.7 Å². The van der Waals surface area contributed by atoms with Crippen molar-refractivity contribution >= 4 is 11.0 Å². The normalized spacial score (nSPS) is 13.0. The molecule has 5 heteroatoms. The maximum Gasteiger partial charge on any atom is 0.293 e. The molecule has 0 radical (unpaired) electrons. The molecule has 0 saturated carbocycles. The zero-order valence-electron chi connectivity index (χ0n) is 9.96. The van der Waals surface area contributed by atoms with Crippen molar-refractivity contribution in [3.8, 4) is 11.7 Å². The topological polar surface area (TPSA) is 78.1 Å². The lowest BCUT2D eigenvalue weighted by Crippen LogP contribution is -2.18. The molecule has 0 bridgehead atoms. The van der Waals surface area contributed by atoms with Gasteiger partial charge in [0.15, 0.2) is 11.6 Å². The van der Waals surface area contributed by atoms with E-state index in [1.54, 1.807) is 0 Å². The first-order valence-corrected chi connectivity index (χ1v) is 5.79. The van der Waals surface area contributed by atoms with Crippen LogP contribution in [0.15, 0.2) is 39.3 Å². The SMILES string of the molecule is CC(N)Cc1noc(-c2cc3ccccc3o2)n1. The fourth-order valence-electron chi connectivity index (χ4n) is 1.81. The smallest absolute Gasteiger partial charge is 0.293 e. The van der Waals surface area contributed by atoms with Crippen LogP contribution in [0, 0.1) is 0 Å². The van der Waals surface area contributed by atoms with E-state index in [1.807, 2.05) is 37.3 Å². The molecule has 2 N–H and O–H groups in total. The second-order valence-electron chi connectivity index (χ2n) is 4.35. The summed E-state index contributed by atoms with van der Waals surface area (Å²) < 4.78 is 10.8. The number of furan rings is 1. The molecule has 0 spiro atoms. The molecule has 92 valence electrons.